The first-order chi connectivity index (χ1) is 11.3. The normalized spacial score (nSPS) is 11.0. The van der Waals surface area contributed by atoms with Crippen LogP contribution < -0.4 is 11.3 Å². The summed E-state index contributed by atoms with van der Waals surface area (Å²) in [5.41, 5.74) is 5.61. The van der Waals surface area contributed by atoms with E-state index in [4.69, 9.17) is 5.84 Å². The van der Waals surface area contributed by atoms with Crippen LogP contribution in [0.1, 0.15) is 0 Å². The van der Waals surface area contributed by atoms with Crippen LogP contribution in [0, 0.1) is 5.82 Å². The number of nitrogens with zero attached hydrogens (tertiary/aromatic N) is 4. The number of halogens is 1. The van der Waals surface area contributed by atoms with Crippen molar-refractivity contribution in [2.45, 2.75) is 0 Å². The molecule has 0 fully saturated rings. The van der Waals surface area contributed by atoms with E-state index >= 15 is 0 Å². The van der Waals surface area contributed by atoms with Crippen molar-refractivity contribution in [3.05, 3.63) is 53.8 Å². The number of benzene rings is 1. The predicted molar refractivity (Wildman–Crippen MR) is 87.7 cm³/mol. The topological polar surface area (TPSA) is 81.6 Å². The molecule has 0 aliphatic heterocycles. The largest absolute Gasteiger partial charge is 0.308 e. The van der Waals surface area contributed by atoms with Gasteiger partial charge in [0.05, 0.1) is 0 Å². The minimum Gasteiger partial charge on any atom is -0.308 e. The Morgan fingerprint density at radius 3 is 2.65 bits per heavy atom. The van der Waals surface area contributed by atoms with Crippen molar-refractivity contribution in [3.63, 3.8) is 0 Å². The average molecular weight is 326 g/mol. The van der Waals surface area contributed by atoms with Gasteiger partial charge in [0, 0.05) is 22.8 Å². The summed E-state index contributed by atoms with van der Waals surface area (Å²) in [4.78, 5) is 8.83. The molecule has 23 heavy (non-hydrogen) atoms. The van der Waals surface area contributed by atoms with E-state index in [1.165, 1.54) is 23.7 Å². The number of nitrogens with one attached hydrogen (secondary N) is 1. The van der Waals surface area contributed by atoms with Crippen molar-refractivity contribution in [2.24, 2.45) is 5.84 Å². The fourth-order valence-electron chi connectivity index (χ4n) is 2.36. The van der Waals surface area contributed by atoms with Gasteiger partial charge in [0.15, 0.2) is 5.65 Å². The molecule has 0 bridgehead atoms. The van der Waals surface area contributed by atoms with Crippen LogP contribution in [0.3, 0.4) is 0 Å². The highest BCUT2D eigenvalue weighted by Crippen LogP contribution is 2.28. The van der Waals surface area contributed by atoms with Crippen LogP contribution >= 0.6 is 11.5 Å². The lowest BCUT2D eigenvalue weighted by Gasteiger charge is -2.08. The number of anilines is 1. The highest BCUT2D eigenvalue weighted by molar-refractivity contribution is 7.04. The van der Waals surface area contributed by atoms with Gasteiger partial charge in [-0.15, -0.1) is 0 Å². The first-order valence-corrected chi connectivity index (χ1v) is 7.62. The number of aromatic nitrogens is 4. The SMILES string of the molecule is NNc1ccc(-c2nc3csnc3n2-c2ccc(F)cc2)cn1. The van der Waals surface area contributed by atoms with E-state index < -0.39 is 0 Å². The maximum atomic E-state index is 13.2. The van der Waals surface area contributed by atoms with Crippen LogP contribution in [0.2, 0.25) is 0 Å². The number of imidazole rings is 1. The molecule has 6 nitrogen and oxygen atoms in total. The van der Waals surface area contributed by atoms with E-state index in [0.29, 0.717) is 11.6 Å². The fourth-order valence-corrected chi connectivity index (χ4v) is 2.95. The van der Waals surface area contributed by atoms with Crippen molar-refractivity contribution in [1.29, 1.82) is 0 Å². The van der Waals surface area contributed by atoms with Crippen molar-refractivity contribution >= 4 is 28.5 Å². The number of hydrazine groups is 1. The number of nitrogen functional groups attached to an aromatic ring is 1. The Bertz CT molecular complexity index is 958. The molecule has 3 N–H and O–H groups in total. The molecule has 0 spiro atoms. The predicted octanol–water partition coefficient (Wildman–Crippen LogP) is 2.97. The molecular formula is C15H11FN6S. The number of hydrogen-bond donors (Lipinski definition) is 2. The van der Waals surface area contributed by atoms with Gasteiger partial charge in [-0.05, 0) is 47.9 Å². The van der Waals surface area contributed by atoms with E-state index in [0.717, 1.165) is 22.4 Å². The van der Waals surface area contributed by atoms with Crippen LogP contribution in [0.25, 0.3) is 28.2 Å². The summed E-state index contributed by atoms with van der Waals surface area (Å²) >= 11 is 1.33. The molecule has 4 rings (SSSR count). The smallest absolute Gasteiger partial charge is 0.178 e. The number of fused-ring (bicyclic) bond motifs is 1. The molecule has 0 radical (unpaired) electrons. The lowest BCUT2D eigenvalue weighted by atomic mass is 10.2. The van der Waals surface area contributed by atoms with E-state index in [1.807, 2.05) is 16.0 Å². The Balaban J connectivity index is 1.93. The highest BCUT2D eigenvalue weighted by Gasteiger charge is 2.16. The van der Waals surface area contributed by atoms with Gasteiger partial charge in [0.2, 0.25) is 0 Å². The molecule has 0 unspecified atom stereocenters. The van der Waals surface area contributed by atoms with Gasteiger partial charge in [-0.2, -0.15) is 4.37 Å². The Hall–Kier alpha value is -2.84. The van der Waals surface area contributed by atoms with Gasteiger partial charge in [-0.3, -0.25) is 4.57 Å². The number of rotatable bonds is 3. The van der Waals surface area contributed by atoms with E-state index in [-0.39, 0.29) is 5.82 Å². The summed E-state index contributed by atoms with van der Waals surface area (Å²) in [6, 6.07) is 9.85. The maximum absolute atomic E-state index is 13.2. The van der Waals surface area contributed by atoms with Crippen LogP contribution in [0.15, 0.2) is 48.0 Å². The van der Waals surface area contributed by atoms with Crippen LogP contribution in [-0.4, -0.2) is 18.9 Å². The quantitative estimate of drug-likeness (QED) is 0.447. The lowest BCUT2D eigenvalue weighted by molar-refractivity contribution is 0.627. The van der Waals surface area contributed by atoms with Gasteiger partial charge < -0.3 is 5.43 Å². The first-order valence-electron chi connectivity index (χ1n) is 6.78. The molecule has 1 aromatic carbocycles. The summed E-state index contributed by atoms with van der Waals surface area (Å²) in [7, 11) is 0. The van der Waals surface area contributed by atoms with Crippen LogP contribution in [0.5, 0.6) is 0 Å². The molecule has 0 atom stereocenters. The van der Waals surface area contributed by atoms with Crippen molar-refractivity contribution in [1.82, 2.24) is 18.9 Å². The second kappa shape index (κ2) is 5.41. The molecule has 0 aliphatic rings. The minimum absolute atomic E-state index is 0.287. The van der Waals surface area contributed by atoms with Gasteiger partial charge >= 0.3 is 0 Å². The summed E-state index contributed by atoms with van der Waals surface area (Å²) in [5.74, 6) is 6.31. The molecule has 0 amide bonds. The zero-order chi connectivity index (χ0) is 15.8. The molecule has 0 saturated heterocycles. The van der Waals surface area contributed by atoms with Gasteiger partial charge in [-0.25, -0.2) is 20.2 Å². The van der Waals surface area contributed by atoms with Crippen molar-refractivity contribution in [2.75, 3.05) is 5.43 Å². The van der Waals surface area contributed by atoms with Gasteiger partial charge in [0.25, 0.3) is 0 Å². The zero-order valence-corrected chi connectivity index (χ0v) is 12.6. The second-order valence-corrected chi connectivity index (χ2v) is 5.48. The Labute approximate surface area is 134 Å². The highest BCUT2D eigenvalue weighted by atomic mass is 32.1. The Kier molecular flexibility index (Phi) is 3.25. The van der Waals surface area contributed by atoms with Gasteiger partial charge in [-0.1, -0.05) is 0 Å². The number of hydrogen-bond acceptors (Lipinski definition) is 6. The fraction of sp³-hybridized carbons (Fsp3) is 0. The summed E-state index contributed by atoms with van der Waals surface area (Å²) in [5, 5.41) is 1.88. The zero-order valence-electron chi connectivity index (χ0n) is 11.8. The maximum Gasteiger partial charge on any atom is 0.178 e. The molecule has 4 aromatic rings. The van der Waals surface area contributed by atoms with Crippen LogP contribution in [-0.2, 0) is 0 Å². The average Bonchev–Trinajstić information content (AvgIpc) is 3.17. The number of nitrogens with two attached hydrogens (primary N) is 1. The second-order valence-electron chi connectivity index (χ2n) is 4.85. The first kappa shape index (κ1) is 13.8. The summed E-state index contributed by atoms with van der Waals surface area (Å²) in [6.07, 6.45) is 1.68. The standard InChI is InChI=1S/C15H11FN6S/c16-10-2-4-11(5-3-10)22-14(19-12-8-23-21-15(12)22)9-1-6-13(20-17)18-7-9/h1-8H,17H2,(H,18,20). The monoisotopic (exact) mass is 326 g/mol. The molecular weight excluding hydrogens is 315 g/mol. The Morgan fingerprint density at radius 2 is 1.96 bits per heavy atom. The third kappa shape index (κ3) is 2.33. The van der Waals surface area contributed by atoms with Gasteiger partial charge in [0.1, 0.15) is 23.0 Å². The third-order valence-corrected chi connectivity index (χ3v) is 4.04. The molecule has 3 aromatic heterocycles. The van der Waals surface area contributed by atoms with E-state index in [1.54, 1.807) is 24.4 Å². The Morgan fingerprint density at radius 1 is 1.13 bits per heavy atom. The molecule has 3 heterocycles. The summed E-state index contributed by atoms with van der Waals surface area (Å²) < 4.78 is 19.5. The molecule has 0 aliphatic carbocycles. The van der Waals surface area contributed by atoms with Crippen molar-refractivity contribution < 1.29 is 4.39 Å². The van der Waals surface area contributed by atoms with E-state index in [9.17, 15) is 4.39 Å². The third-order valence-electron chi connectivity index (χ3n) is 3.44. The van der Waals surface area contributed by atoms with Crippen molar-refractivity contribution in [3.8, 4) is 17.1 Å². The molecule has 8 heteroatoms. The van der Waals surface area contributed by atoms with Crippen LogP contribution in [0.4, 0.5) is 10.2 Å². The molecule has 114 valence electrons. The van der Waals surface area contributed by atoms with E-state index in [2.05, 4.69) is 19.8 Å². The molecule has 0 saturated carbocycles. The number of pyridine rings is 1. The summed E-state index contributed by atoms with van der Waals surface area (Å²) in [6.45, 7) is 0. The lowest BCUT2D eigenvalue weighted by Crippen LogP contribution is -2.08. The minimum atomic E-state index is -0.287.